The SMILES string of the molecule is FC(F)(F)c1cnc(N[C@H]2CCCNC2)nc1-c1c[nH]c(-c2noc(C3CC3)n2)c1. The van der Waals surface area contributed by atoms with Crippen LogP contribution < -0.4 is 10.6 Å². The minimum atomic E-state index is -4.58. The molecule has 4 heterocycles. The van der Waals surface area contributed by atoms with E-state index in [0.717, 1.165) is 45.0 Å². The van der Waals surface area contributed by atoms with E-state index in [1.807, 2.05) is 0 Å². The maximum atomic E-state index is 13.6. The van der Waals surface area contributed by atoms with Crippen molar-refractivity contribution >= 4 is 5.95 Å². The number of rotatable bonds is 5. The molecule has 3 N–H and O–H groups in total. The highest BCUT2D eigenvalue weighted by Gasteiger charge is 2.36. The smallest absolute Gasteiger partial charge is 0.358 e. The fraction of sp³-hybridized carbons (Fsp3) is 0.474. The largest absolute Gasteiger partial charge is 0.419 e. The van der Waals surface area contributed by atoms with Gasteiger partial charge in [0.15, 0.2) is 0 Å². The van der Waals surface area contributed by atoms with E-state index >= 15 is 0 Å². The van der Waals surface area contributed by atoms with Crippen LogP contribution in [0.1, 0.15) is 43.1 Å². The summed E-state index contributed by atoms with van der Waals surface area (Å²) in [7, 11) is 0. The number of piperidine rings is 1. The van der Waals surface area contributed by atoms with E-state index < -0.39 is 11.7 Å². The van der Waals surface area contributed by atoms with Gasteiger partial charge >= 0.3 is 6.18 Å². The third-order valence-corrected chi connectivity index (χ3v) is 5.29. The van der Waals surface area contributed by atoms with Crippen molar-refractivity contribution in [1.29, 1.82) is 0 Å². The van der Waals surface area contributed by atoms with Gasteiger partial charge in [0.1, 0.15) is 5.56 Å². The number of H-pyrrole nitrogens is 1. The molecule has 1 aliphatic heterocycles. The van der Waals surface area contributed by atoms with Gasteiger partial charge in [0, 0.05) is 36.5 Å². The summed E-state index contributed by atoms with van der Waals surface area (Å²) in [4.78, 5) is 15.4. The third kappa shape index (κ3) is 3.89. The molecule has 3 aromatic heterocycles. The molecule has 1 aliphatic carbocycles. The molecule has 0 aromatic carbocycles. The van der Waals surface area contributed by atoms with Crippen molar-refractivity contribution in [2.75, 3.05) is 18.4 Å². The molecule has 8 nitrogen and oxygen atoms in total. The highest BCUT2D eigenvalue weighted by molar-refractivity contribution is 5.69. The Hall–Kier alpha value is -2.95. The fourth-order valence-corrected chi connectivity index (χ4v) is 3.54. The average molecular weight is 419 g/mol. The van der Waals surface area contributed by atoms with E-state index in [1.165, 1.54) is 6.20 Å². The Labute approximate surface area is 169 Å². The Morgan fingerprint density at radius 1 is 1.17 bits per heavy atom. The highest BCUT2D eigenvalue weighted by atomic mass is 19.4. The molecule has 0 bridgehead atoms. The number of hydrogen-bond acceptors (Lipinski definition) is 7. The monoisotopic (exact) mass is 419 g/mol. The van der Waals surface area contributed by atoms with Gasteiger partial charge in [-0.15, -0.1) is 0 Å². The molecule has 5 rings (SSSR count). The summed E-state index contributed by atoms with van der Waals surface area (Å²) < 4.78 is 46.0. The Morgan fingerprint density at radius 3 is 2.77 bits per heavy atom. The molecule has 0 spiro atoms. The molecular weight excluding hydrogens is 399 g/mol. The number of nitrogens with zero attached hydrogens (tertiary/aromatic N) is 4. The molecule has 0 amide bonds. The number of aromatic amines is 1. The van der Waals surface area contributed by atoms with E-state index in [-0.39, 0.29) is 23.2 Å². The predicted octanol–water partition coefficient (Wildman–Crippen LogP) is 3.58. The number of halogens is 3. The zero-order valence-corrected chi connectivity index (χ0v) is 16.0. The molecular formula is C19H20F3N7O. The first-order valence-electron chi connectivity index (χ1n) is 9.91. The van der Waals surface area contributed by atoms with Crippen LogP contribution in [-0.4, -0.2) is 44.2 Å². The Balaban J connectivity index is 1.46. The molecule has 2 aliphatic rings. The van der Waals surface area contributed by atoms with Gasteiger partial charge in [0.2, 0.25) is 17.7 Å². The second-order valence-corrected chi connectivity index (χ2v) is 7.67. The quantitative estimate of drug-likeness (QED) is 0.581. The molecule has 11 heteroatoms. The Kier molecular flexibility index (Phi) is 4.69. The van der Waals surface area contributed by atoms with Crippen molar-refractivity contribution in [3.8, 4) is 22.8 Å². The van der Waals surface area contributed by atoms with Crippen LogP contribution in [0.5, 0.6) is 0 Å². The minimum absolute atomic E-state index is 0.0743. The van der Waals surface area contributed by atoms with Crippen LogP contribution in [-0.2, 0) is 6.18 Å². The topological polar surface area (TPSA) is 105 Å². The van der Waals surface area contributed by atoms with E-state index in [0.29, 0.717) is 23.3 Å². The van der Waals surface area contributed by atoms with Gasteiger partial charge in [-0.05, 0) is 38.3 Å². The average Bonchev–Trinajstić information content (AvgIpc) is 3.25. The Bertz CT molecular complexity index is 1030. The van der Waals surface area contributed by atoms with Crippen LogP contribution in [0.15, 0.2) is 23.0 Å². The normalized spacial score (nSPS) is 19.8. The Morgan fingerprint density at radius 2 is 2.03 bits per heavy atom. The van der Waals surface area contributed by atoms with Crippen LogP contribution >= 0.6 is 0 Å². The minimum Gasteiger partial charge on any atom is -0.358 e. The second kappa shape index (κ2) is 7.38. The summed E-state index contributed by atoms with van der Waals surface area (Å²) in [6, 6.07) is 1.62. The standard InChI is InChI=1S/C19H20F3N7O/c20-19(21,22)13-9-25-18(26-12-2-1-5-23-8-12)27-15(13)11-6-14(24-7-11)16-28-17(30-29-16)10-3-4-10/h6-7,9-10,12,23-24H,1-5,8H2,(H,25,26,27)/t12-/m0/s1. The summed E-state index contributed by atoms with van der Waals surface area (Å²) in [6.07, 6.45) is 1.63. The van der Waals surface area contributed by atoms with Gasteiger partial charge in [-0.3, -0.25) is 0 Å². The summed E-state index contributed by atoms with van der Waals surface area (Å²) in [5.74, 6) is 1.34. The van der Waals surface area contributed by atoms with Crippen molar-refractivity contribution in [2.45, 2.75) is 43.8 Å². The lowest BCUT2D eigenvalue weighted by Crippen LogP contribution is -2.38. The molecule has 30 heavy (non-hydrogen) atoms. The van der Waals surface area contributed by atoms with Gasteiger partial charge in [-0.1, -0.05) is 5.16 Å². The summed E-state index contributed by atoms with van der Waals surface area (Å²) in [6.45, 7) is 1.65. The van der Waals surface area contributed by atoms with E-state index in [9.17, 15) is 13.2 Å². The maximum absolute atomic E-state index is 13.6. The van der Waals surface area contributed by atoms with Gasteiger partial charge in [0.25, 0.3) is 0 Å². The molecule has 1 saturated heterocycles. The zero-order valence-electron chi connectivity index (χ0n) is 16.0. The van der Waals surface area contributed by atoms with Gasteiger partial charge < -0.3 is 20.1 Å². The molecule has 0 radical (unpaired) electrons. The predicted molar refractivity (Wildman–Crippen MR) is 102 cm³/mol. The van der Waals surface area contributed by atoms with Crippen molar-refractivity contribution in [1.82, 2.24) is 30.4 Å². The number of aromatic nitrogens is 5. The lowest BCUT2D eigenvalue weighted by atomic mass is 10.1. The lowest BCUT2D eigenvalue weighted by molar-refractivity contribution is -0.137. The van der Waals surface area contributed by atoms with Crippen LogP contribution in [0.2, 0.25) is 0 Å². The molecule has 1 saturated carbocycles. The van der Waals surface area contributed by atoms with Crippen LogP contribution in [0.25, 0.3) is 22.8 Å². The van der Waals surface area contributed by atoms with Crippen molar-refractivity contribution in [3.05, 3.63) is 29.9 Å². The first-order chi connectivity index (χ1) is 14.5. The number of anilines is 1. The van der Waals surface area contributed by atoms with E-state index in [2.05, 4.69) is 35.7 Å². The molecule has 3 aromatic rings. The number of alkyl halides is 3. The fourth-order valence-electron chi connectivity index (χ4n) is 3.54. The first kappa shape index (κ1) is 19.0. The summed E-state index contributed by atoms with van der Waals surface area (Å²) in [5.41, 5.74) is -0.343. The van der Waals surface area contributed by atoms with E-state index in [4.69, 9.17) is 4.52 Å². The number of hydrogen-bond donors (Lipinski definition) is 3. The van der Waals surface area contributed by atoms with Crippen LogP contribution in [0.4, 0.5) is 19.1 Å². The molecule has 1 atom stereocenters. The van der Waals surface area contributed by atoms with Crippen LogP contribution in [0, 0.1) is 0 Å². The molecule has 0 unspecified atom stereocenters. The highest BCUT2D eigenvalue weighted by Crippen LogP contribution is 2.40. The van der Waals surface area contributed by atoms with Gasteiger partial charge in [-0.2, -0.15) is 18.2 Å². The second-order valence-electron chi connectivity index (χ2n) is 7.67. The molecule has 158 valence electrons. The van der Waals surface area contributed by atoms with Crippen molar-refractivity contribution in [3.63, 3.8) is 0 Å². The molecule has 2 fully saturated rings. The first-order valence-corrected chi connectivity index (χ1v) is 9.91. The van der Waals surface area contributed by atoms with Gasteiger partial charge in [-0.25, -0.2) is 9.97 Å². The third-order valence-electron chi connectivity index (χ3n) is 5.29. The summed E-state index contributed by atoms with van der Waals surface area (Å²) >= 11 is 0. The maximum Gasteiger partial charge on any atom is 0.419 e. The summed E-state index contributed by atoms with van der Waals surface area (Å²) in [5, 5.41) is 10.3. The van der Waals surface area contributed by atoms with Crippen LogP contribution in [0.3, 0.4) is 0 Å². The lowest BCUT2D eigenvalue weighted by Gasteiger charge is -2.24. The van der Waals surface area contributed by atoms with Crippen molar-refractivity contribution < 1.29 is 17.7 Å². The zero-order chi connectivity index (χ0) is 20.7. The number of nitrogens with one attached hydrogen (secondary N) is 3. The van der Waals surface area contributed by atoms with Crippen molar-refractivity contribution in [2.24, 2.45) is 0 Å². The van der Waals surface area contributed by atoms with E-state index in [1.54, 1.807) is 6.07 Å². The van der Waals surface area contributed by atoms with Gasteiger partial charge in [0.05, 0.1) is 11.4 Å².